The highest BCUT2D eigenvalue weighted by molar-refractivity contribution is 14.1. The van der Waals surface area contributed by atoms with E-state index in [1.54, 1.807) is 19.2 Å². The first-order valence-corrected chi connectivity index (χ1v) is 7.48. The van der Waals surface area contributed by atoms with E-state index in [1.807, 2.05) is 19.1 Å². The van der Waals surface area contributed by atoms with Crippen LogP contribution in [0.5, 0.6) is 11.5 Å². The van der Waals surface area contributed by atoms with Gasteiger partial charge in [0.15, 0.2) is 0 Å². The molecule has 3 nitrogen and oxygen atoms in total. The van der Waals surface area contributed by atoms with Crippen LogP contribution in [-0.4, -0.2) is 12.2 Å². The molecule has 2 aromatic rings. The van der Waals surface area contributed by atoms with E-state index in [1.165, 1.54) is 9.13 Å². The van der Waals surface area contributed by atoms with Crippen LogP contribution in [0.2, 0.25) is 0 Å². The zero-order valence-corrected chi connectivity index (χ0v) is 13.9. The van der Waals surface area contributed by atoms with E-state index < -0.39 is 0 Å². The number of hydrogen-bond acceptors (Lipinski definition) is 3. The Balaban J connectivity index is 2.23. The molecule has 0 fully saturated rings. The van der Waals surface area contributed by atoms with Gasteiger partial charge in [0.2, 0.25) is 0 Å². The minimum absolute atomic E-state index is 0.0105. The van der Waals surface area contributed by atoms with E-state index in [9.17, 15) is 5.11 Å². The van der Waals surface area contributed by atoms with E-state index in [-0.39, 0.29) is 11.8 Å². The summed E-state index contributed by atoms with van der Waals surface area (Å²) in [4.78, 5) is 0. The van der Waals surface area contributed by atoms with Crippen molar-refractivity contribution in [3.63, 3.8) is 0 Å². The quantitative estimate of drug-likeness (QED) is 0.765. The lowest BCUT2D eigenvalue weighted by molar-refractivity contribution is 0.410. The third kappa shape index (κ3) is 3.36. The van der Waals surface area contributed by atoms with Crippen molar-refractivity contribution >= 4 is 28.3 Å². The van der Waals surface area contributed by atoms with Gasteiger partial charge in [0.25, 0.3) is 0 Å². The van der Waals surface area contributed by atoms with Crippen LogP contribution in [0.4, 0.5) is 5.69 Å². The number of aryl methyl sites for hydroxylation is 1. The third-order valence-corrected chi connectivity index (χ3v) is 4.42. The number of phenols is 1. The summed E-state index contributed by atoms with van der Waals surface area (Å²) in [6.45, 7) is 4.10. The van der Waals surface area contributed by atoms with Gasteiger partial charge < -0.3 is 15.2 Å². The lowest BCUT2D eigenvalue weighted by Gasteiger charge is -2.18. The molecular formula is C16H18INO2. The van der Waals surface area contributed by atoms with Gasteiger partial charge in [-0.1, -0.05) is 6.07 Å². The zero-order chi connectivity index (χ0) is 14.7. The second-order valence-corrected chi connectivity index (χ2v) is 5.92. The molecule has 1 atom stereocenters. The molecule has 0 saturated carbocycles. The molecule has 0 bridgehead atoms. The van der Waals surface area contributed by atoms with E-state index in [4.69, 9.17) is 4.74 Å². The summed E-state index contributed by atoms with van der Waals surface area (Å²) in [6, 6.07) is 11.5. The smallest absolute Gasteiger partial charge is 0.121 e. The van der Waals surface area contributed by atoms with Gasteiger partial charge in [0.05, 0.1) is 13.2 Å². The van der Waals surface area contributed by atoms with Gasteiger partial charge >= 0.3 is 0 Å². The SMILES string of the molecule is COc1ccc(O)c(C(C)Nc2ccc(C)c(I)c2)c1. The summed E-state index contributed by atoms with van der Waals surface area (Å²) in [5.74, 6) is 1.01. The zero-order valence-electron chi connectivity index (χ0n) is 11.8. The standard InChI is InChI=1S/C16H18INO2/c1-10-4-5-12(8-15(10)17)18-11(2)14-9-13(20-3)6-7-16(14)19/h4-9,11,18-19H,1-3H3. The number of halogens is 1. The normalized spacial score (nSPS) is 12.0. The molecule has 1 unspecified atom stereocenters. The number of phenolic OH excluding ortho intramolecular Hbond substituents is 1. The van der Waals surface area contributed by atoms with Crippen LogP contribution in [0.1, 0.15) is 24.1 Å². The average molecular weight is 383 g/mol. The van der Waals surface area contributed by atoms with Crippen molar-refractivity contribution in [3.05, 3.63) is 51.1 Å². The van der Waals surface area contributed by atoms with Crippen LogP contribution in [0, 0.1) is 10.5 Å². The minimum Gasteiger partial charge on any atom is -0.508 e. The Bertz CT molecular complexity index is 613. The van der Waals surface area contributed by atoms with Crippen molar-refractivity contribution < 1.29 is 9.84 Å². The first kappa shape index (κ1) is 15.0. The van der Waals surface area contributed by atoms with Crippen LogP contribution in [0.15, 0.2) is 36.4 Å². The number of aromatic hydroxyl groups is 1. The Hall–Kier alpha value is -1.43. The molecule has 0 amide bonds. The van der Waals surface area contributed by atoms with Gasteiger partial charge in [0.1, 0.15) is 11.5 Å². The molecule has 106 valence electrons. The topological polar surface area (TPSA) is 41.5 Å². The summed E-state index contributed by atoms with van der Waals surface area (Å²) in [5, 5.41) is 13.4. The minimum atomic E-state index is -0.0105. The Kier molecular flexibility index (Phi) is 4.75. The number of rotatable bonds is 4. The Morgan fingerprint density at radius 3 is 2.60 bits per heavy atom. The second-order valence-electron chi connectivity index (χ2n) is 4.75. The maximum absolute atomic E-state index is 9.98. The third-order valence-electron chi connectivity index (χ3n) is 3.26. The maximum atomic E-state index is 9.98. The molecule has 20 heavy (non-hydrogen) atoms. The molecule has 4 heteroatoms. The molecule has 0 heterocycles. The molecule has 0 radical (unpaired) electrons. The summed E-state index contributed by atoms with van der Waals surface area (Å²) < 4.78 is 6.42. The van der Waals surface area contributed by atoms with Gasteiger partial charge in [-0.3, -0.25) is 0 Å². The van der Waals surface area contributed by atoms with Gasteiger partial charge in [-0.25, -0.2) is 0 Å². The van der Waals surface area contributed by atoms with Gasteiger partial charge in [-0.2, -0.15) is 0 Å². The Morgan fingerprint density at radius 1 is 1.20 bits per heavy atom. The summed E-state index contributed by atoms with van der Waals surface area (Å²) >= 11 is 2.32. The van der Waals surface area contributed by atoms with Crippen LogP contribution >= 0.6 is 22.6 Å². The maximum Gasteiger partial charge on any atom is 0.121 e. The van der Waals surface area contributed by atoms with Crippen molar-refractivity contribution in [3.8, 4) is 11.5 Å². The monoisotopic (exact) mass is 383 g/mol. The lowest BCUT2D eigenvalue weighted by Crippen LogP contribution is -2.07. The molecule has 0 spiro atoms. The summed E-state index contributed by atoms with van der Waals surface area (Å²) in [5.41, 5.74) is 3.11. The van der Waals surface area contributed by atoms with E-state index in [0.29, 0.717) is 0 Å². The number of ether oxygens (including phenoxy) is 1. The van der Waals surface area contributed by atoms with Crippen LogP contribution in [0.25, 0.3) is 0 Å². The average Bonchev–Trinajstić information content (AvgIpc) is 2.43. The number of benzene rings is 2. The Labute approximate surface area is 133 Å². The van der Waals surface area contributed by atoms with Crippen molar-refractivity contribution in [2.45, 2.75) is 19.9 Å². The molecule has 2 N–H and O–H groups in total. The highest BCUT2D eigenvalue weighted by Crippen LogP contribution is 2.31. The van der Waals surface area contributed by atoms with E-state index in [0.717, 1.165) is 17.0 Å². The molecular weight excluding hydrogens is 365 g/mol. The van der Waals surface area contributed by atoms with Crippen molar-refractivity contribution in [1.29, 1.82) is 0 Å². The van der Waals surface area contributed by atoms with E-state index >= 15 is 0 Å². The highest BCUT2D eigenvalue weighted by atomic mass is 127. The first-order valence-electron chi connectivity index (χ1n) is 6.41. The van der Waals surface area contributed by atoms with E-state index in [2.05, 4.69) is 47.0 Å². The van der Waals surface area contributed by atoms with Gasteiger partial charge in [-0.05, 0) is 72.3 Å². The molecule has 0 aliphatic heterocycles. The van der Waals surface area contributed by atoms with Gasteiger partial charge in [-0.15, -0.1) is 0 Å². The molecule has 0 aromatic heterocycles. The van der Waals surface area contributed by atoms with Crippen molar-refractivity contribution in [1.82, 2.24) is 0 Å². The first-order chi connectivity index (χ1) is 9.51. The number of anilines is 1. The molecule has 0 aliphatic rings. The largest absolute Gasteiger partial charge is 0.508 e. The summed E-state index contributed by atoms with van der Waals surface area (Å²) in [7, 11) is 1.62. The number of methoxy groups -OCH3 is 1. The highest BCUT2D eigenvalue weighted by Gasteiger charge is 2.12. The second kappa shape index (κ2) is 6.35. The van der Waals surface area contributed by atoms with Gasteiger partial charge in [0, 0.05) is 14.8 Å². The molecule has 2 rings (SSSR count). The van der Waals surface area contributed by atoms with Crippen LogP contribution in [0.3, 0.4) is 0 Å². The number of nitrogens with one attached hydrogen (secondary N) is 1. The molecule has 0 aliphatic carbocycles. The fourth-order valence-electron chi connectivity index (χ4n) is 2.02. The number of hydrogen-bond donors (Lipinski definition) is 2. The predicted molar refractivity (Wildman–Crippen MR) is 90.6 cm³/mol. The van der Waals surface area contributed by atoms with Crippen molar-refractivity contribution in [2.24, 2.45) is 0 Å². The summed E-state index contributed by atoms with van der Waals surface area (Å²) in [6.07, 6.45) is 0. The van der Waals surface area contributed by atoms with Crippen LogP contribution in [-0.2, 0) is 0 Å². The Morgan fingerprint density at radius 2 is 1.95 bits per heavy atom. The fourth-order valence-corrected chi connectivity index (χ4v) is 2.53. The molecule has 2 aromatic carbocycles. The van der Waals surface area contributed by atoms with Crippen LogP contribution < -0.4 is 10.1 Å². The fraction of sp³-hybridized carbons (Fsp3) is 0.250. The predicted octanol–water partition coefficient (Wildman–Crippen LogP) is 4.49. The van der Waals surface area contributed by atoms with Crippen molar-refractivity contribution in [2.75, 3.05) is 12.4 Å². The molecule has 0 saturated heterocycles. The lowest BCUT2D eigenvalue weighted by atomic mass is 10.1.